The highest BCUT2D eigenvalue weighted by molar-refractivity contribution is 5.92. The Balaban J connectivity index is 2.15. The monoisotopic (exact) mass is 294 g/mol. The number of anilines is 1. The normalized spacial score (nSPS) is 15.6. The molecule has 1 N–H and O–H groups in total. The summed E-state index contributed by atoms with van der Waals surface area (Å²) >= 11 is 0. The molecule has 0 amide bonds. The van der Waals surface area contributed by atoms with E-state index in [0.29, 0.717) is 31.7 Å². The zero-order chi connectivity index (χ0) is 15.4. The summed E-state index contributed by atoms with van der Waals surface area (Å²) in [6.45, 7) is 1.23. The lowest BCUT2D eigenvalue weighted by atomic mass is 9.97. The SMILES string of the molecule is COC(=O)c1ccc(N2CCC(C(=O)O)CC2)nc1OC. The van der Waals surface area contributed by atoms with Crippen LogP contribution in [0.1, 0.15) is 23.2 Å². The maximum absolute atomic E-state index is 11.6. The van der Waals surface area contributed by atoms with Gasteiger partial charge in [0.2, 0.25) is 5.88 Å². The van der Waals surface area contributed by atoms with Gasteiger partial charge in [0.15, 0.2) is 0 Å². The molecule has 7 nitrogen and oxygen atoms in total. The molecule has 21 heavy (non-hydrogen) atoms. The highest BCUT2D eigenvalue weighted by Gasteiger charge is 2.26. The van der Waals surface area contributed by atoms with E-state index < -0.39 is 11.9 Å². The molecule has 0 aromatic carbocycles. The largest absolute Gasteiger partial charge is 0.481 e. The quantitative estimate of drug-likeness (QED) is 0.834. The Morgan fingerprint density at radius 3 is 2.48 bits per heavy atom. The number of esters is 1. The standard InChI is InChI=1S/C14H18N2O5/c1-20-12-10(14(19)21-2)3-4-11(15-12)16-7-5-9(6-8-16)13(17)18/h3-4,9H,5-8H2,1-2H3,(H,17,18). The second-order valence-corrected chi connectivity index (χ2v) is 4.82. The van der Waals surface area contributed by atoms with E-state index in [-0.39, 0.29) is 17.4 Å². The van der Waals surface area contributed by atoms with Gasteiger partial charge in [0.1, 0.15) is 11.4 Å². The van der Waals surface area contributed by atoms with Gasteiger partial charge in [-0.3, -0.25) is 4.79 Å². The lowest BCUT2D eigenvalue weighted by Gasteiger charge is -2.31. The molecule has 0 unspecified atom stereocenters. The van der Waals surface area contributed by atoms with E-state index in [0.717, 1.165) is 0 Å². The second-order valence-electron chi connectivity index (χ2n) is 4.82. The van der Waals surface area contributed by atoms with Crippen LogP contribution in [0.15, 0.2) is 12.1 Å². The molecule has 0 atom stereocenters. The second kappa shape index (κ2) is 6.43. The van der Waals surface area contributed by atoms with Gasteiger partial charge >= 0.3 is 11.9 Å². The first kappa shape index (κ1) is 15.1. The van der Waals surface area contributed by atoms with Gasteiger partial charge in [0, 0.05) is 13.1 Å². The average Bonchev–Trinajstić information content (AvgIpc) is 2.53. The molecule has 114 valence electrons. The Hall–Kier alpha value is -2.31. The van der Waals surface area contributed by atoms with Crippen LogP contribution in [-0.2, 0) is 9.53 Å². The van der Waals surface area contributed by atoms with Gasteiger partial charge in [0.25, 0.3) is 0 Å². The summed E-state index contributed by atoms with van der Waals surface area (Å²) < 4.78 is 9.79. The zero-order valence-electron chi connectivity index (χ0n) is 12.0. The van der Waals surface area contributed by atoms with E-state index in [1.54, 1.807) is 12.1 Å². The minimum atomic E-state index is -0.749. The smallest absolute Gasteiger partial charge is 0.343 e. The molecule has 2 rings (SSSR count). The number of rotatable bonds is 4. The number of carbonyl (C=O) groups is 2. The Bertz CT molecular complexity index is 538. The van der Waals surface area contributed by atoms with Gasteiger partial charge in [-0.2, -0.15) is 4.98 Å². The number of piperidine rings is 1. The predicted molar refractivity (Wildman–Crippen MR) is 74.7 cm³/mol. The van der Waals surface area contributed by atoms with Gasteiger partial charge < -0.3 is 19.5 Å². The number of hydrogen-bond acceptors (Lipinski definition) is 6. The topological polar surface area (TPSA) is 89.0 Å². The third-order valence-corrected chi connectivity index (χ3v) is 3.61. The minimum Gasteiger partial charge on any atom is -0.481 e. The van der Waals surface area contributed by atoms with Crippen molar-refractivity contribution in [2.24, 2.45) is 5.92 Å². The van der Waals surface area contributed by atoms with Crippen molar-refractivity contribution < 1.29 is 24.2 Å². The van der Waals surface area contributed by atoms with Crippen LogP contribution in [0.25, 0.3) is 0 Å². The van der Waals surface area contributed by atoms with Crippen LogP contribution in [0, 0.1) is 5.92 Å². The third-order valence-electron chi connectivity index (χ3n) is 3.61. The molecule has 0 radical (unpaired) electrons. The molecule has 1 saturated heterocycles. The van der Waals surface area contributed by atoms with Crippen LogP contribution in [0.5, 0.6) is 5.88 Å². The molecule has 1 aliphatic rings. The summed E-state index contributed by atoms with van der Waals surface area (Å²) in [4.78, 5) is 28.8. The lowest BCUT2D eigenvalue weighted by molar-refractivity contribution is -0.142. The summed E-state index contributed by atoms with van der Waals surface area (Å²) in [6.07, 6.45) is 1.16. The van der Waals surface area contributed by atoms with Crippen molar-refractivity contribution in [3.8, 4) is 5.88 Å². The Kier molecular flexibility index (Phi) is 4.62. The van der Waals surface area contributed by atoms with E-state index in [4.69, 9.17) is 9.84 Å². The summed E-state index contributed by atoms with van der Waals surface area (Å²) in [5.74, 6) is -0.669. The number of carboxylic acid groups (broad SMARTS) is 1. The van der Waals surface area contributed by atoms with Crippen molar-refractivity contribution in [1.29, 1.82) is 0 Å². The summed E-state index contributed by atoms with van der Waals surface area (Å²) in [7, 11) is 2.74. The number of aromatic nitrogens is 1. The number of carboxylic acids is 1. The first-order valence-corrected chi connectivity index (χ1v) is 6.68. The van der Waals surface area contributed by atoms with Crippen molar-refractivity contribution in [1.82, 2.24) is 4.98 Å². The average molecular weight is 294 g/mol. The fourth-order valence-corrected chi connectivity index (χ4v) is 2.38. The number of hydrogen-bond donors (Lipinski definition) is 1. The predicted octanol–water partition coefficient (Wildman–Crippen LogP) is 1.18. The van der Waals surface area contributed by atoms with Gasteiger partial charge in [0.05, 0.1) is 20.1 Å². The van der Waals surface area contributed by atoms with Gasteiger partial charge in [-0.25, -0.2) is 4.79 Å². The molecule has 1 aliphatic heterocycles. The minimum absolute atomic E-state index is 0.208. The summed E-state index contributed by atoms with van der Waals surface area (Å²) in [5.41, 5.74) is 0.268. The molecule has 7 heteroatoms. The molecular weight excluding hydrogens is 276 g/mol. The number of carbonyl (C=O) groups excluding carboxylic acids is 1. The third kappa shape index (κ3) is 3.24. The zero-order valence-corrected chi connectivity index (χ0v) is 12.0. The van der Waals surface area contributed by atoms with Crippen LogP contribution in [0.4, 0.5) is 5.82 Å². The Morgan fingerprint density at radius 2 is 1.95 bits per heavy atom. The Morgan fingerprint density at radius 1 is 1.29 bits per heavy atom. The molecule has 2 heterocycles. The lowest BCUT2D eigenvalue weighted by Crippen LogP contribution is -2.36. The number of nitrogens with zero attached hydrogens (tertiary/aromatic N) is 2. The van der Waals surface area contributed by atoms with Crippen molar-refractivity contribution in [2.75, 3.05) is 32.2 Å². The van der Waals surface area contributed by atoms with Crippen LogP contribution in [-0.4, -0.2) is 49.3 Å². The van der Waals surface area contributed by atoms with Crippen molar-refractivity contribution in [2.45, 2.75) is 12.8 Å². The maximum Gasteiger partial charge on any atom is 0.343 e. The first-order valence-electron chi connectivity index (χ1n) is 6.68. The van der Waals surface area contributed by atoms with E-state index >= 15 is 0 Å². The van der Waals surface area contributed by atoms with Crippen molar-refractivity contribution in [3.63, 3.8) is 0 Å². The summed E-state index contributed by atoms with van der Waals surface area (Å²) in [5, 5.41) is 9.00. The molecule has 0 spiro atoms. The van der Waals surface area contributed by atoms with E-state index in [1.165, 1.54) is 14.2 Å². The maximum atomic E-state index is 11.6. The van der Waals surface area contributed by atoms with Crippen LogP contribution >= 0.6 is 0 Å². The number of pyridine rings is 1. The molecular formula is C14H18N2O5. The van der Waals surface area contributed by atoms with Crippen LogP contribution in [0.3, 0.4) is 0 Å². The number of aliphatic carboxylic acids is 1. The molecule has 1 aromatic heterocycles. The van der Waals surface area contributed by atoms with Gasteiger partial charge in [-0.1, -0.05) is 0 Å². The number of ether oxygens (including phenoxy) is 2. The van der Waals surface area contributed by atoms with E-state index in [9.17, 15) is 9.59 Å². The van der Waals surface area contributed by atoms with Crippen molar-refractivity contribution >= 4 is 17.8 Å². The Labute approximate surface area is 122 Å². The molecule has 0 aliphatic carbocycles. The molecule has 0 saturated carbocycles. The van der Waals surface area contributed by atoms with Crippen LogP contribution < -0.4 is 9.64 Å². The molecule has 1 aromatic rings. The van der Waals surface area contributed by atoms with Gasteiger partial charge in [-0.05, 0) is 25.0 Å². The first-order chi connectivity index (χ1) is 10.1. The number of methoxy groups -OCH3 is 2. The fourth-order valence-electron chi connectivity index (χ4n) is 2.38. The van der Waals surface area contributed by atoms with Crippen molar-refractivity contribution in [3.05, 3.63) is 17.7 Å². The molecule has 1 fully saturated rings. The fraction of sp³-hybridized carbons (Fsp3) is 0.500. The highest BCUT2D eigenvalue weighted by atomic mass is 16.5. The van der Waals surface area contributed by atoms with Gasteiger partial charge in [-0.15, -0.1) is 0 Å². The molecule has 0 bridgehead atoms. The van der Waals surface area contributed by atoms with E-state index in [1.807, 2.05) is 4.90 Å². The van der Waals surface area contributed by atoms with E-state index in [2.05, 4.69) is 9.72 Å². The van der Waals surface area contributed by atoms with Crippen LogP contribution in [0.2, 0.25) is 0 Å². The summed E-state index contributed by atoms with van der Waals surface area (Å²) in [6, 6.07) is 3.33. The highest BCUT2D eigenvalue weighted by Crippen LogP contribution is 2.26.